The number of carbonyl (C=O) groups is 3. The van der Waals surface area contributed by atoms with Crippen LogP contribution in [0.5, 0.6) is 0 Å². The summed E-state index contributed by atoms with van der Waals surface area (Å²) in [4.78, 5) is 48.1. The Bertz CT molecular complexity index is 1230. The largest absolute Gasteiger partial charge is 0.363 e. The second-order valence-corrected chi connectivity index (χ2v) is 6.50. The molecule has 1 aromatic carbocycles. The molecular formula is C20H17N7O3. The molecule has 3 heterocycles. The fourth-order valence-corrected chi connectivity index (χ4v) is 3.17. The molecule has 0 spiro atoms. The monoisotopic (exact) mass is 403 g/mol. The third-order valence-electron chi connectivity index (χ3n) is 4.58. The number of nitrogens with two attached hydrogens (primary N) is 1. The Hall–Kier alpha value is -4.34. The van der Waals surface area contributed by atoms with Crippen LogP contribution in [0.3, 0.4) is 0 Å². The lowest BCUT2D eigenvalue weighted by Gasteiger charge is -2.16. The van der Waals surface area contributed by atoms with Crippen LogP contribution in [0.1, 0.15) is 16.1 Å². The van der Waals surface area contributed by atoms with Gasteiger partial charge in [0, 0.05) is 35.9 Å². The number of fused-ring (bicyclic) bond motifs is 1. The van der Waals surface area contributed by atoms with Crippen LogP contribution in [0.4, 0.5) is 0 Å². The number of ketones is 1. The van der Waals surface area contributed by atoms with Crippen LogP contribution in [0, 0.1) is 0 Å². The molecular weight excluding hydrogens is 386 g/mol. The smallest absolute Gasteiger partial charge is 0.287 e. The minimum atomic E-state index is -1.14. The van der Waals surface area contributed by atoms with Crippen molar-refractivity contribution < 1.29 is 14.4 Å². The van der Waals surface area contributed by atoms with E-state index in [1.54, 1.807) is 12.3 Å². The SMILES string of the molecule is NC(=O)C(=O)C(Cc1c[nH]c2ccccc12)NC(=O)c1ccnn1-c1ncccn1. The molecule has 150 valence electrons. The van der Waals surface area contributed by atoms with Gasteiger partial charge in [0.15, 0.2) is 0 Å². The Kier molecular flexibility index (Phi) is 5.04. The highest BCUT2D eigenvalue weighted by atomic mass is 16.2. The Morgan fingerprint density at radius 3 is 2.60 bits per heavy atom. The molecule has 1 unspecified atom stereocenters. The molecule has 10 nitrogen and oxygen atoms in total. The fourth-order valence-electron chi connectivity index (χ4n) is 3.17. The molecule has 1 atom stereocenters. The number of hydrogen-bond donors (Lipinski definition) is 3. The molecule has 0 saturated heterocycles. The molecule has 0 aliphatic carbocycles. The van der Waals surface area contributed by atoms with Crippen molar-refractivity contribution in [3.63, 3.8) is 0 Å². The zero-order valence-electron chi connectivity index (χ0n) is 15.6. The summed E-state index contributed by atoms with van der Waals surface area (Å²) in [5, 5.41) is 7.54. The van der Waals surface area contributed by atoms with E-state index in [0.717, 1.165) is 16.5 Å². The summed E-state index contributed by atoms with van der Waals surface area (Å²) in [6.07, 6.45) is 6.27. The first kappa shape index (κ1) is 19.0. The van der Waals surface area contributed by atoms with Gasteiger partial charge in [0.2, 0.25) is 5.78 Å². The third-order valence-corrected chi connectivity index (χ3v) is 4.58. The van der Waals surface area contributed by atoms with Crippen LogP contribution in [-0.4, -0.2) is 48.4 Å². The van der Waals surface area contributed by atoms with Crippen molar-refractivity contribution in [2.24, 2.45) is 5.73 Å². The molecule has 2 amide bonds. The van der Waals surface area contributed by atoms with E-state index in [1.807, 2.05) is 24.3 Å². The second-order valence-electron chi connectivity index (χ2n) is 6.50. The standard InChI is InChI=1S/C20H17N7O3/c21-18(29)17(28)15(10-12-11-24-14-5-2-1-4-13(12)14)26-19(30)16-6-9-25-27(16)20-22-7-3-8-23-20/h1-9,11,15,24H,10H2,(H2,21,29)(H,26,30). The Balaban J connectivity index is 1.62. The van der Waals surface area contributed by atoms with Gasteiger partial charge in [-0.15, -0.1) is 0 Å². The first-order valence-corrected chi connectivity index (χ1v) is 9.05. The number of amides is 2. The number of nitrogens with one attached hydrogen (secondary N) is 2. The van der Waals surface area contributed by atoms with Crippen LogP contribution in [0.15, 0.2) is 61.2 Å². The lowest BCUT2D eigenvalue weighted by molar-refractivity contribution is -0.137. The minimum absolute atomic E-state index is 0.0908. The average molecular weight is 403 g/mol. The number of para-hydroxylation sites is 1. The second kappa shape index (κ2) is 7.95. The number of nitrogens with zero attached hydrogens (tertiary/aromatic N) is 4. The number of H-pyrrole nitrogens is 1. The molecule has 3 aromatic heterocycles. The lowest BCUT2D eigenvalue weighted by Crippen LogP contribution is -2.47. The maximum absolute atomic E-state index is 12.9. The molecule has 30 heavy (non-hydrogen) atoms. The number of aromatic amines is 1. The summed E-state index contributed by atoms with van der Waals surface area (Å²) >= 11 is 0. The Morgan fingerprint density at radius 2 is 1.83 bits per heavy atom. The van der Waals surface area contributed by atoms with Gasteiger partial charge in [0.25, 0.3) is 17.8 Å². The van der Waals surface area contributed by atoms with Crippen molar-refractivity contribution in [3.05, 3.63) is 72.4 Å². The van der Waals surface area contributed by atoms with Crippen molar-refractivity contribution >= 4 is 28.5 Å². The van der Waals surface area contributed by atoms with E-state index in [1.165, 1.54) is 29.3 Å². The highest BCUT2D eigenvalue weighted by molar-refractivity contribution is 6.38. The lowest BCUT2D eigenvalue weighted by atomic mass is 10.0. The first-order chi connectivity index (χ1) is 14.5. The van der Waals surface area contributed by atoms with Gasteiger partial charge >= 0.3 is 0 Å². The quantitative estimate of drug-likeness (QED) is 0.384. The van der Waals surface area contributed by atoms with Gasteiger partial charge in [-0.05, 0) is 23.8 Å². The molecule has 0 saturated carbocycles. The van der Waals surface area contributed by atoms with Crippen LogP contribution in [0.2, 0.25) is 0 Å². The number of Topliss-reactive ketones (excluding diaryl/α,β-unsaturated/α-hetero) is 1. The molecule has 4 rings (SSSR count). The van der Waals surface area contributed by atoms with Gasteiger partial charge in [-0.2, -0.15) is 9.78 Å². The van der Waals surface area contributed by atoms with Gasteiger partial charge in [-0.3, -0.25) is 14.4 Å². The molecule has 4 aromatic rings. The minimum Gasteiger partial charge on any atom is -0.363 e. The zero-order valence-corrected chi connectivity index (χ0v) is 15.6. The number of carbonyl (C=O) groups excluding carboxylic acids is 3. The number of benzene rings is 1. The van der Waals surface area contributed by atoms with Crippen LogP contribution in [-0.2, 0) is 16.0 Å². The van der Waals surface area contributed by atoms with Crippen molar-refractivity contribution in [2.75, 3.05) is 0 Å². The van der Waals surface area contributed by atoms with Gasteiger partial charge in [-0.25, -0.2) is 9.97 Å². The average Bonchev–Trinajstić information content (AvgIpc) is 3.41. The van der Waals surface area contributed by atoms with Crippen LogP contribution in [0.25, 0.3) is 16.9 Å². The van der Waals surface area contributed by atoms with E-state index >= 15 is 0 Å². The molecule has 0 bridgehead atoms. The zero-order chi connectivity index (χ0) is 21.1. The predicted octanol–water partition coefficient (Wildman–Crippen LogP) is 0.539. The maximum atomic E-state index is 12.9. The summed E-state index contributed by atoms with van der Waals surface area (Å²) in [6, 6.07) is 9.47. The number of primary amides is 1. The summed E-state index contributed by atoms with van der Waals surface area (Å²) in [5.74, 6) is -2.43. The molecule has 0 aliphatic rings. The molecule has 0 fully saturated rings. The number of aromatic nitrogens is 5. The van der Waals surface area contributed by atoms with Crippen molar-refractivity contribution in [3.8, 4) is 5.95 Å². The summed E-state index contributed by atoms with van der Waals surface area (Å²) < 4.78 is 1.24. The fraction of sp³-hybridized carbons (Fsp3) is 0.100. The Labute approximate surface area is 170 Å². The topological polar surface area (TPSA) is 149 Å². The van der Waals surface area contributed by atoms with Crippen molar-refractivity contribution in [1.29, 1.82) is 0 Å². The van der Waals surface area contributed by atoms with Gasteiger partial charge < -0.3 is 16.0 Å². The van der Waals surface area contributed by atoms with Crippen molar-refractivity contribution in [2.45, 2.75) is 12.5 Å². The summed E-state index contributed by atoms with van der Waals surface area (Å²) in [5.41, 5.74) is 6.97. The van der Waals surface area contributed by atoms with E-state index < -0.39 is 23.6 Å². The molecule has 10 heteroatoms. The van der Waals surface area contributed by atoms with Crippen molar-refractivity contribution in [1.82, 2.24) is 30.0 Å². The molecule has 0 radical (unpaired) electrons. The van der Waals surface area contributed by atoms with Crippen LogP contribution >= 0.6 is 0 Å². The van der Waals surface area contributed by atoms with Gasteiger partial charge in [0.1, 0.15) is 11.7 Å². The van der Waals surface area contributed by atoms with E-state index in [4.69, 9.17) is 5.73 Å². The normalized spacial score (nSPS) is 11.9. The highest BCUT2D eigenvalue weighted by Gasteiger charge is 2.28. The Morgan fingerprint density at radius 1 is 1.07 bits per heavy atom. The highest BCUT2D eigenvalue weighted by Crippen LogP contribution is 2.19. The van der Waals surface area contributed by atoms with E-state index in [2.05, 4.69) is 25.4 Å². The first-order valence-electron chi connectivity index (χ1n) is 9.05. The predicted molar refractivity (Wildman–Crippen MR) is 107 cm³/mol. The van der Waals surface area contributed by atoms with E-state index in [9.17, 15) is 14.4 Å². The number of rotatable bonds is 7. The van der Waals surface area contributed by atoms with Gasteiger partial charge in [0.05, 0.1) is 6.20 Å². The van der Waals surface area contributed by atoms with E-state index in [-0.39, 0.29) is 18.1 Å². The third kappa shape index (κ3) is 3.65. The van der Waals surface area contributed by atoms with Crippen LogP contribution < -0.4 is 11.1 Å². The van der Waals surface area contributed by atoms with E-state index in [0.29, 0.717) is 0 Å². The number of hydrogen-bond acceptors (Lipinski definition) is 6. The molecule has 0 aliphatic heterocycles. The maximum Gasteiger partial charge on any atom is 0.287 e. The summed E-state index contributed by atoms with van der Waals surface area (Å²) in [7, 11) is 0. The van der Waals surface area contributed by atoms with Gasteiger partial charge in [-0.1, -0.05) is 18.2 Å². The summed E-state index contributed by atoms with van der Waals surface area (Å²) in [6.45, 7) is 0. The molecule has 4 N–H and O–H groups in total.